The van der Waals surface area contributed by atoms with Crippen molar-refractivity contribution in [3.63, 3.8) is 0 Å². The first kappa shape index (κ1) is 17.1. The van der Waals surface area contributed by atoms with Crippen LogP contribution in [0.15, 0.2) is 77.9 Å². The second-order valence-electron chi connectivity index (χ2n) is 5.82. The summed E-state index contributed by atoms with van der Waals surface area (Å²) >= 11 is 6.11. The predicted octanol–water partition coefficient (Wildman–Crippen LogP) is 5.86. The van der Waals surface area contributed by atoms with Crippen molar-refractivity contribution in [1.82, 2.24) is 0 Å². The summed E-state index contributed by atoms with van der Waals surface area (Å²) in [5, 5.41) is 5.00. The molecule has 0 fully saturated rings. The highest BCUT2D eigenvalue weighted by molar-refractivity contribution is 6.31. The van der Waals surface area contributed by atoms with Crippen LogP contribution in [-0.2, 0) is 0 Å². The zero-order valence-electron chi connectivity index (χ0n) is 14.3. The van der Waals surface area contributed by atoms with Crippen LogP contribution >= 0.6 is 11.6 Å². The Hall–Kier alpha value is -2.78. The minimum Gasteiger partial charge on any atom is -0.345 e. The molecule has 25 heavy (non-hydrogen) atoms. The van der Waals surface area contributed by atoms with Gasteiger partial charge >= 0.3 is 0 Å². The fourth-order valence-electron chi connectivity index (χ4n) is 2.43. The summed E-state index contributed by atoms with van der Waals surface area (Å²) in [6.45, 7) is 1.98. The molecular formula is C21H20ClN3. The van der Waals surface area contributed by atoms with E-state index in [0.717, 1.165) is 33.2 Å². The fraction of sp³-hybridized carbons (Fsp3) is 0.0952. The highest BCUT2D eigenvalue weighted by atomic mass is 35.5. The average molecular weight is 350 g/mol. The molecule has 0 unspecified atom stereocenters. The van der Waals surface area contributed by atoms with E-state index in [1.807, 2.05) is 55.5 Å². The van der Waals surface area contributed by atoms with Crippen molar-refractivity contribution in [1.29, 1.82) is 0 Å². The van der Waals surface area contributed by atoms with Crippen molar-refractivity contribution in [2.24, 2.45) is 5.10 Å². The third kappa shape index (κ3) is 4.40. The number of hydrogen-bond donors (Lipinski definition) is 1. The molecule has 0 saturated heterocycles. The minimum atomic E-state index is 0.730. The van der Waals surface area contributed by atoms with E-state index < -0.39 is 0 Å². The lowest BCUT2D eigenvalue weighted by Crippen LogP contribution is -2.08. The summed E-state index contributed by atoms with van der Waals surface area (Å²) < 4.78 is 0. The molecule has 0 saturated carbocycles. The standard InChI is InChI=1S/C21H20ClN3/c1-16-8-11-18(14-21(16)22)24-23-15-17-9-12-20(13-10-17)25(2)19-6-4-3-5-7-19/h3-15,24H,1-2H3/b23-15-. The number of anilines is 3. The molecule has 0 spiro atoms. The van der Waals surface area contributed by atoms with E-state index >= 15 is 0 Å². The Kier molecular flexibility index (Phi) is 5.36. The molecule has 3 aromatic carbocycles. The van der Waals surface area contributed by atoms with E-state index in [0.29, 0.717) is 0 Å². The number of para-hydroxylation sites is 1. The van der Waals surface area contributed by atoms with Gasteiger partial charge < -0.3 is 4.90 Å². The monoisotopic (exact) mass is 349 g/mol. The number of rotatable bonds is 5. The number of hydrogen-bond acceptors (Lipinski definition) is 3. The van der Waals surface area contributed by atoms with E-state index in [9.17, 15) is 0 Å². The van der Waals surface area contributed by atoms with Crippen LogP contribution in [0, 0.1) is 6.92 Å². The summed E-state index contributed by atoms with van der Waals surface area (Å²) in [4.78, 5) is 2.15. The zero-order valence-corrected chi connectivity index (χ0v) is 15.0. The number of halogens is 1. The first-order valence-corrected chi connectivity index (χ1v) is 8.45. The molecule has 0 heterocycles. The van der Waals surface area contributed by atoms with Gasteiger partial charge in [0.2, 0.25) is 0 Å². The van der Waals surface area contributed by atoms with Crippen molar-refractivity contribution in [2.75, 3.05) is 17.4 Å². The Morgan fingerprint density at radius 3 is 2.28 bits per heavy atom. The van der Waals surface area contributed by atoms with Gasteiger partial charge in [-0.2, -0.15) is 5.10 Å². The van der Waals surface area contributed by atoms with Crippen LogP contribution in [-0.4, -0.2) is 13.3 Å². The first-order valence-electron chi connectivity index (χ1n) is 8.07. The van der Waals surface area contributed by atoms with Gasteiger partial charge in [0.25, 0.3) is 0 Å². The summed E-state index contributed by atoms with van der Waals surface area (Å²) in [5.74, 6) is 0. The van der Waals surface area contributed by atoms with Crippen LogP contribution in [0.2, 0.25) is 5.02 Å². The van der Waals surface area contributed by atoms with Gasteiger partial charge in [-0.3, -0.25) is 5.43 Å². The number of aryl methyl sites for hydroxylation is 1. The highest BCUT2D eigenvalue weighted by Crippen LogP contribution is 2.23. The summed E-state index contributed by atoms with van der Waals surface area (Å²) in [6.07, 6.45) is 1.79. The second kappa shape index (κ2) is 7.86. The maximum absolute atomic E-state index is 6.11. The number of nitrogens with zero attached hydrogens (tertiary/aromatic N) is 2. The summed E-state index contributed by atoms with van der Waals surface area (Å²) in [5.41, 5.74) is 8.22. The quantitative estimate of drug-likeness (QED) is 0.461. The zero-order chi connectivity index (χ0) is 17.6. The molecule has 3 rings (SSSR count). The maximum Gasteiger partial charge on any atom is 0.0576 e. The van der Waals surface area contributed by atoms with Gasteiger partial charge in [0.05, 0.1) is 11.9 Å². The molecular weight excluding hydrogens is 330 g/mol. The third-order valence-electron chi connectivity index (χ3n) is 4.00. The predicted molar refractivity (Wildman–Crippen MR) is 108 cm³/mol. The van der Waals surface area contributed by atoms with Gasteiger partial charge in [0, 0.05) is 23.4 Å². The van der Waals surface area contributed by atoms with Gasteiger partial charge in [0.1, 0.15) is 0 Å². The molecule has 126 valence electrons. The number of benzene rings is 3. The Morgan fingerprint density at radius 1 is 0.920 bits per heavy atom. The SMILES string of the molecule is Cc1ccc(N/N=C\c2ccc(N(C)c3ccccc3)cc2)cc1Cl. The summed E-state index contributed by atoms with van der Waals surface area (Å²) in [6, 6.07) is 24.3. The molecule has 0 aromatic heterocycles. The molecule has 0 aliphatic rings. The molecule has 3 aromatic rings. The van der Waals surface area contributed by atoms with E-state index in [1.54, 1.807) is 6.21 Å². The van der Waals surface area contributed by atoms with E-state index in [-0.39, 0.29) is 0 Å². The summed E-state index contributed by atoms with van der Waals surface area (Å²) in [7, 11) is 2.06. The van der Waals surface area contributed by atoms with Crippen molar-refractivity contribution in [3.05, 3.63) is 88.9 Å². The van der Waals surface area contributed by atoms with Crippen molar-refractivity contribution in [2.45, 2.75) is 6.92 Å². The van der Waals surface area contributed by atoms with Crippen LogP contribution in [0.3, 0.4) is 0 Å². The van der Waals surface area contributed by atoms with Crippen molar-refractivity contribution < 1.29 is 0 Å². The number of nitrogens with one attached hydrogen (secondary N) is 1. The molecule has 0 amide bonds. The number of hydrazone groups is 1. The molecule has 0 atom stereocenters. The molecule has 0 aliphatic carbocycles. The largest absolute Gasteiger partial charge is 0.345 e. The van der Waals surface area contributed by atoms with Crippen LogP contribution in [0.25, 0.3) is 0 Å². The smallest absolute Gasteiger partial charge is 0.0576 e. The lowest BCUT2D eigenvalue weighted by molar-refractivity contribution is 1.21. The molecule has 1 N–H and O–H groups in total. The van der Waals surface area contributed by atoms with E-state index in [4.69, 9.17) is 11.6 Å². The van der Waals surface area contributed by atoms with Crippen molar-refractivity contribution >= 4 is 34.9 Å². The Labute approximate surface area is 153 Å². The highest BCUT2D eigenvalue weighted by Gasteiger charge is 2.02. The minimum absolute atomic E-state index is 0.730. The van der Waals surface area contributed by atoms with Gasteiger partial charge in [-0.15, -0.1) is 0 Å². The molecule has 3 nitrogen and oxygen atoms in total. The molecule has 0 bridgehead atoms. The second-order valence-corrected chi connectivity index (χ2v) is 6.23. The molecule has 4 heteroatoms. The van der Waals surface area contributed by atoms with Gasteiger partial charge in [-0.25, -0.2) is 0 Å². The Balaban J connectivity index is 1.65. The van der Waals surface area contributed by atoms with Crippen LogP contribution in [0.5, 0.6) is 0 Å². The lowest BCUT2D eigenvalue weighted by atomic mass is 10.2. The molecule has 0 aliphatic heterocycles. The van der Waals surface area contributed by atoms with Crippen LogP contribution < -0.4 is 10.3 Å². The van der Waals surface area contributed by atoms with E-state index in [1.165, 1.54) is 0 Å². The van der Waals surface area contributed by atoms with Crippen molar-refractivity contribution in [3.8, 4) is 0 Å². The van der Waals surface area contributed by atoms with Crippen LogP contribution in [0.4, 0.5) is 17.1 Å². The van der Waals surface area contributed by atoms with Gasteiger partial charge in [-0.05, 0) is 54.4 Å². The Morgan fingerprint density at radius 2 is 1.60 bits per heavy atom. The third-order valence-corrected chi connectivity index (χ3v) is 4.41. The fourth-order valence-corrected chi connectivity index (χ4v) is 2.61. The Bertz CT molecular complexity index is 858. The normalized spacial score (nSPS) is 10.8. The topological polar surface area (TPSA) is 27.6 Å². The van der Waals surface area contributed by atoms with Gasteiger partial charge in [0.15, 0.2) is 0 Å². The van der Waals surface area contributed by atoms with E-state index in [2.05, 4.69) is 46.7 Å². The molecule has 0 radical (unpaired) electrons. The van der Waals surface area contributed by atoms with Crippen LogP contribution in [0.1, 0.15) is 11.1 Å². The van der Waals surface area contributed by atoms with Gasteiger partial charge in [-0.1, -0.05) is 48.0 Å². The average Bonchev–Trinajstić information content (AvgIpc) is 2.65. The first-order chi connectivity index (χ1) is 12.1. The lowest BCUT2D eigenvalue weighted by Gasteiger charge is -2.19. The maximum atomic E-state index is 6.11.